The second kappa shape index (κ2) is 11.5. The highest BCUT2D eigenvalue weighted by molar-refractivity contribution is 7.99. The third-order valence-electron chi connectivity index (χ3n) is 6.95. The lowest BCUT2D eigenvalue weighted by atomic mass is 9.85. The van der Waals surface area contributed by atoms with Gasteiger partial charge < -0.3 is 35.4 Å². The van der Waals surface area contributed by atoms with Crippen molar-refractivity contribution < 1.29 is 29.6 Å². The Morgan fingerprint density at radius 2 is 1.94 bits per heavy atom. The van der Waals surface area contributed by atoms with Gasteiger partial charge in [0, 0.05) is 13.2 Å². The molecule has 0 radical (unpaired) electrons. The van der Waals surface area contributed by atoms with Crippen molar-refractivity contribution in [3.8, 4) is 0 Å². The van der Waals surface area contributed by atoms with E-state index >= 15 is 0 Å². The number of hydrogen-bond donors (Lipinski definition) is 5. The molecule has 1 amide bonds. The SMILES string of the molecule is CSC1O[C@H]([C@H](NC(=O)[C@H]2NC[C@@H]3C[C@H](CC(C)C)CCO[C@H]32)[C@H](C)Cl)C(O)C(O)[C@H]1O. The zero-order valence-corrected chi connectivity index (χ0v) is 20.9. The maximum Gasteiger partial charge on any atom is 0.240 e. The van der Waals surface area contributed by atoms with Crippen molar-refractivity contribution in [3.63, 3.8) is 0 Å². The van der Waals surface area contributed by atoms with Gasteiger partial charge in [-0.15, -0.1) is 23.4 Å². The fraction of sp³-hybridized carbons (Fsp3) is 0.955. The summed E-state index contributed by atoms with van der Waals surface area (Å²) in [5.41, 5.74) is -0.731. The van der Waals surface area contributed by atoms with Crippen molar-refractivity contribution in [2.24, 2.45) is 17.8 Å². The lowest BCUT2D eigenvalue weighted by Crippen LogP contribution is -2.65. The van der Waals surface area contributed by atoms with Crippen LogP contribution in [-0.2, 0) is 14.3 Å². The second-order valence-electron chi connectivity index (χ2n) is 9.89. The van der Waals surface area contributed by atoms with Gasteiger partial charge in [0.25, 0.3) is 0 Å². The Morgan fingerprint density at radius 1 is 1.22 bits per heavy atom. The summed E-state index contributed by atoms with van der Waals surface area (Å²) >= 11 is 7.62. The minimum atomic E-state index is -1.39. The molecule has 0 bridgehead atoms. The van der Waals surface area contributed by atoms with Crippen molar-refractivity contribution in [1.82, 2.24) is 10.6 Å². The number of aliphatic hydroxyl groups is 3. The summed E-state index contributed by atoms with van der Waals surface area (Å²) < 4.78 is 12.0. The number of halogens is 1. The van der Waals surface area contributed by atoms with Crippen LogP contribution in [0.1, 0.15) is 40.0 Å². The first-order valence-corrected chi connectivity index (χ1v) is 13.4. The predicted molar refractivity (Wildman–Crippen MR) is 125 cm³/mol. The van der Waals surface area contributed by atoms with Crippen LogP contribution in [0.2, 0.25) is 0 Å². The van der Waals surface area contributed by atoms with E-state index in [1.807, 2.05) is 0 Å². The molecule has 0 aromatic rings. The summed E-state index contributed by atoms with van der Waals surface area (Å²) in [6.07, 6.45) is -0.199. The van der Waals surface area contributed by atoms with Crippen molar-refractivity contribution in [3.05, 3.63) is 0 Å². The normalized spacial score (nSPS) is 42.2. The van der Waals surface area contributed by atoms with Gasteiger partial charge in [-0.05, 0) is 50.2 Å². The highest BCUT2D eigenvalue weighted by Gasteiger charge is 2.49. The summed E-state index contributed by atoms with van der Waals surface area (Å²) in [6.45, 7) is 7.54. The van der Waals surface area contributed by atoms with Crippen LogP contribution in [0.3, 0.4) is 0 Å². The highest BCUT2D eigenvalue weighted by Crippen LogP contribution is 2.34. The number of hydrogen-bond acceptors (Lipinski definition) is 8. The highest BCUT2D eigenvalue weighted by atomic mass is 35.5. The average Bonchev–Trinajstić information content (AvgIpc) is 3.02. The molecule has 3 aliphatic rings. The number of rotatable bonds is 7. The van der Waals surface area contributed by atoms with Crippen molar-refractivity contribution in [2.45, 2.75) is 93.5 Å². The van der Waals surface area contributed by atoms with Gasteiger partial charge in [0.1, 0.15) is 35.9 Å². The molecule has 186 valence electrons. The number of carbonyl (C=O) groups excluding carboxylic acids is 1. The zero-order chi connectivity index (χ0) is 23.6. The van der Waals surface area contributed by atoms with Gasteiger partial charge in [0.15, 0.2) is 0 Å². The first kappa shape index (κ1) is 26.5. The Balaban J connectivity index is 1.68. The van der Waals surface area contributed by atoms with Gasteiger partial charge in [0.05, 0.1) is 17.5 Å². The Morgan fingerprint density at radius 3 is 2.56 bits per heavy atom. The number of amides is 1. The van der Waals surface area contributed by atoms with Crippen molar-refractivity contribution >= 4 is 29.3 Å². The molecule has 10 heteroatoms. The molecule has 0 aromatic heterocycles. The van der Waals surface area contributed by atoms with Gasteiger partial charge in [-0.3, -0.25) is 4.79 Å². The second-order valence-corrected chi connectivity index (χ2v) is 11.5. The van der Waals surface area contributed by atoms with E-state index in [4.69, 9.17) is 21.1 Å². The van der Waals surface area contributed by atoms with E-state index in [1.54, 1.807) is 13.2 Å². The van der Waals surface area contributed by atoms with E-state index in [0.29, 0.717) is 18.4 Å². The van der Waals surface area contributed by atoms with Crippen LogP contribution < -0.4 is 10.6 Å². The van der Waals surface area contributed by atoms with Crippen LogP contribution >= 0.6 is 23.4 Å². The molecular formula is C22H39ClN2O6S. The molecule has 3 rings (SSSR count). The third-order valence-corrected chi connectivity index (χ3v) is 8.08. The number of alkyl halides is 1. The molecule has 32 heavy (non-hydrogen) atoms. The Bertz CT molecular complexity index is 627. The number of ether oxygens (including phenoxy) is 2. The number of aliphatic hydroxyl groups excluding tert-OH is 3. The van der Waals surface area contributed by atoms with Gasteiger partial charge >= 0.3 is 0 Å². The summed E-state index contributed by atoms with van der Waals surface area (Å²) in [4.78, 5) is 13.3. The van der Waals surface area contributed by atoms with Crippen LogP contribution in [0, 0.1) is 17.8 Å². The fourth-order valence-corrected chi connectivity index (χ4v) is 6.24. The van der Waals surface area contributed by atoms with E-state index in [1.165, 1.54) is 11.8 Å². The minimum absolute atomic E-state index is 0.206. The summed E-state index contributed by atoms with van der Waals surface area (Å²) in [5, 5.41) is 36.6. The fourth-order valence-electron chi connectivity index (χ4n) is 5.35. The molecule has 3 heterocycles. The minimum Gasteiger partial charge on any atom is -0.388 e. The molecule has 3 aliphatic heterocycles. The molecular weight excluding hydrogens is 456 g/mol. The van der Waals surface area contributed by atoms with E-state index in [-0.39, 0.29) is 17.9 Å². The predicted octanol–water partition coefficient (Wildman–Crippen LogP) is 0.698. The van der Waals surface area contributed by atoms with Crippen LogP contribution in [0.4, 0.5) is 0 Å². The van der Waals surface area contributed by atoms with E-state index in [0.717, 1.165) is 25.8 Å². The quantitative estimate of drug-likeness (QED) is 0.328. The van der Waals surface area contributed by atoms with Gasteiger partial charge in [-0.2, -0.15) is 0 Å². The Kier molecular flexibility index (Phi) is 9.54. The molecule has 5 N–H and O–H groups in total. The Labute approximate surface area is 200 Å². The lowest BCUT2D eigenvalue weighted by molar-refractivity contribution is -0.205. The summed E-state index contributed by atoms with van der Waals surface area (Å²) in [5.74, 6) is 1.26. The van der Waals surface area contributed by atoms with Crippen LogP contribution in [0.25, 0.3) is 0 Å². The van der Waals surface area contributed by atoms with E-state index in [2.05, 4.69) is 24.5 Å². The maximum atomic E-state index is 13.3. The molecule has 3 fully saturated rings. The number of thioether (sulfide) groups is 1. The zero-order valence-electron chi connectivity index (χ0n) is 19.3. The largest absolute Gasteiger partial charge is 0.388 e. The van der Waals surface area contributed by atoms with E-state index in [9.17, 15) is 20.1 Å². The number of carbonyl (C=O) groups is 1. The first-order chi connectivity index (χ1) is 15.1. The van der Waals surface area contributed by atoms with Gasteiger partial charge in [0.2, 0.25) is 5.91 Å². The molecule has 3 saturated heterocycles. The van der Waals surface area contributed by atoms with Crippen molar-refractivity contribution in [2.75, 3.05) is 19.4 Å². The monoisotopic (exact) mass is 494 g/mol. The van der Waals surface area contributed by atoms with Crippen LogP contribution in [0.15, 0.2) is 0 Å². The van der Waals surface area contributed by atoms with Gasteiger partial charge in [-0.25, -0.2) is 0 Å². The molecule has 8 nitrogen and oxygen atoms in total. The van der Waals surface area contributed by atoms with Crippen LogP contribution in [-0.4, -0.2) is 94.1 Å². The number of nitrogens with one attached hydrogen (secondary N) is 2. The maximum absolute atomic E-state index is 13.3. The number of fused-ring (bicyclic) bond motifs is 1. The first-order valence-electron chi connectivity index (χ1n) is 11.7. The standard InChI is InChI=1S/C22H39ClN2O6S/c1-10(2)7-12-5-6-30-19-13(8-12)9-24-15(19)21(29)25-14(11(3)23)20-17(27)16(26)18(28)22(31-20)32-4/h10-20,22,24,26-28H,5-9H2,1-4H3,(H,25,29)/t11-,12-,13-,14+,15-,16?,17?,18+,19+,20+,22?/m0/s1. The average molecular weight is 495 g/mol. The lowest BCUT2D eigenvalue weighted by Gasteiger charge is -2.44. The van der Waals surface area contributed by atoms with Crippen LogP contribution in [0.5, 0.6) is 0 Å². The topological polar surface area (TPSA) is 120 Å². The molecule has 0 aliphatic carbocycles. The molecule has 3 unspecified atom stereocenters. The molecule has 0 spiro atoms. The van der Waals surface area contributed by atoms with Crippen molar-refractivity contribution in [1.29, 1.82) is 0 Å². The molecule has 11 atom stereocenters. The molecule has 0 aromatic carbocycles. The third kappa shape index (κ3) is 5.92. The molecule has 0 saturated carbocycles. The Hall–Kier alpha value is -0.130. The summed E-state index contributed by atoms with van der Waals surface area (Å²) in [7, 11) is 0. The van der Waals surface area contributed by atoms with Gasteiger partial charge in [-0.1, -0.05) is 13.8 Å². The van der Waals surface area contributed by atoms with E-state index < -0.39 is 47.3 Å². The smallest absolute Gasteiger partial charge is 0.240 e. The summed E-state index contributed by atoms with van der Waals surface area (Å²) in [6, 6.07) is -1.26.